The number of aromatic nitrogens is 4. The number of carbonyl (C=O) groups is 1. The standard InChI is InChI=1S/C25H26ClN5O2/c1-6-21(24(32)27-20-13-18(26)10-9-15(20)3)31-25(33)23-22(16(4)28-31)17(5)30(29-23)19-11-7-14(2)8-12-19/h7-13,21H,6H2,1-5H3,(H,27,32). The number of amides is 1. The van der Waals surface area contributed by atoms with Crippen LogP contribution < -0.4 is 10.9 Å². The molecule has 0 spiro atoms. The Hall–Kier alpha value is -3.45. The maximum absolute atomic E-state index is 13.4. The second-order valence-electron chi connectivity index (χ2n) is 8.26. The first kappa shape index (κ1) is 22.7. The summed E-state index contributed by atoms with van der Waals surface area (Å²) in [7, 11) is 0. The molecule has 170 valence electrons. The van der Waals surface area contributed by atoms with Crippen molar-refractivity contribution in [3.8, 4) is 5.69 Å². The fourth-order valence-electron chi connectivity index (χ4n) is 4.01. The van der Waals surface area contributed by atoms with Crippen molar-refractivity contribution in [2.45, 2.75) is 47.1 Å². The molecule has 0 saturated carbocycles. The van der Waals surface area contributed by atoms with E-state index in [1.807, 2.05) is 65.0 Å². The summed E-state index contributed by atoms with van der Waals surface area (Å²) in [6, 6.07) is 12.4. The maximum Gasteiger partial charge on any atom is 0.295 e. The van der Waals surface area contributed by atoms with Crippen molar-refractivity contribution in [3.05, 3.63) is 80.4 Å². The molecule has 0 bridgehead atoms. The van der Waals surface area contributed by atoms with E-state index >= 15 is 0 Å². The fraction of sp³-hybridized carbons (Fsp3) is 0.280. The number of hydrogen-bond acceptors (Lipinski definition) is 4. The largest absolute Gasteiger partial charge is 0.324 e. The van der Waals surface area contributed by atoms with Crippen molar-refractivity contribution in [2.24, 2.45) is 0 Å². The molecule has 2 heterocycles. The number of hydrogen-bond donors (Lipinski definition) is 1. The van der Waals surface area contributed by atoms with Crippen LogP contribution >= 0.6 is 11.6 Å². The number of nitrogens with zero attached hydrogens (tertiary/aromatic N) is 4. The number of rotatable bonds is 5. The Labute approximate surface area is 197 Å². The molecular weight excluding hydrogens is 438 g/mol. The smallest absolute Gasteiger partial charge is 0.295 e. The van der Waals surface area contributed by atoms with Crippen molar-refractivity contribution in [1.29, 1.82) is 0 Å². The number of fused-ring (bicyclic) bond motifs is 1. The van der Waals surface area contributed by atoms with Gasteiger partial charge in [-0.15, -0.1) is 0 Å². The molecule has 1 unspecified atom stereocenters. The molecule has 0 radical (unpaired) electrons. The average molecular weight is 464 g/mol. The zero-order chi connectivity index (χ0) is 23.9. The Kier molecular flexibility index (Phi) is 6.08. The van der Waals surface area contributed by atoms with Crippen LogP contribution in [0.25, 0.3) is 16.6 Å². The SMILES string of the molecule is CCC(C(=O)Nc1cc(Cl)ccc1C)n1nc(C)c2c(C)n(-c3ccc(C)cc3)nc2c1=O. The predicted molar refractivity (Wildman–Crippen MR) is 131 cm³/mol. The van der Waals surface area contributed by atoms with Gasteiger partial charge in [-0.2, -0.15) is 10.2 Å². The first-order valence-electron chi connectivity index (χ1n) is 10.8. The number of carbonyl (C=O) groups excluding carboxylic acids is 1. The molecule has 0 fully saturated rings. The number of nitrogens with one attached hydrogen (secondary N) is 1. The summed E-state index contributed by atoms with van der Waals surface area (Å²) in [5.41, 5.74) is 4.86. The third-order valence-corrected chi connectivity index (χ3v) is 6.10. The molecule has 2 aromatic heterocycles. The van der Waals surface area contributed by atoms with Crippen LogP contribution in [0.5, 0.6) is 0 Å². The summed E-state index contributed by atoms with van der Waals surface area (Å²) < 4.78 is 3.00. The zero-order valence-electron chi connectivity index (χ0n) is 19.3. The molecule has 1 amide bonds. The number of halogens is 1. The number of aryl methyl sites for hydroxylation is 4. The normalized spacial score (nSPS) is 12.2. The molecule has 4 rings (SSSR count). The van der Waals surface area contributed by atoms with Gasteiger partial charge < -0.3 is 5.32 Å². The van der Waals surface area contributed by atoms with E-state index in [2.05, 4.69) is 15.5 Å². The molecule has 0 aliphatic rings. The average Bonchev–Trinajstić information content (AvgIpc) is 3.13. The van der Waals surface area contributed by atoms with Gasteiger partial charge in [-0.1, -0.05) is 42.3 Å². The van der Waals surface area contributed by atoms with E-state index in [9.17, 15) is 9.59 Å². The Balaban J connectivity index is 1.79. The second kappa shape index (κ2) is 8.83. The van der Waals surface area contributed by atoms with Gasteiger partial charge in [-0.3, -0.25) is 9.59 Å². The molecule has 0 aliphatic heterocycles. The Morgan fingerprint density at radius 1 is 1.06 bits per heavy atom. The van der Waals surface area contributed by atoms with E-state index < -0.39 is 11.6 Å². The zero-order valence-corrected chi connectivity index (χ0v) is 20.1. The van der Waals surface area contributed by atoms with E-state index in [4.69, 9.17) is 11.6 Å². The minimum atomic E-state index is -0.788. The van der Waals surface area contributed by atoms with E-state index in [1.165, 1.54) is 4.68 Å². The third-order valence-electron chi connectivity index (χ3n) is 5.87. The van der Waals surface area contributed by atoms with Crippen molar-refractivity contribution >= 4 is 34.1 Å². The summed E-state index contributed by atoms with van der Waals surface area (Å²) in [6.45, 7) is 9.49. The number of benzene rings is 2. The first-order valence-corrected chi connectivity index (χ1v) is 11.2. The number of anilines is 1. The van der Waals surface area contributed by atoms with Gasteiger partial charge in [0.05, 0.1) is 22.5 Å². The molecule has 33 heavy (non-hydrogen) atoms. The molecule has 0 saturated heterocycles. The minimum absolute atomic E-state index is 0.297. The van der Waals surface area contributed by atoms with Crippen molar-refractivity contribution in [2.75, 3.05) is 5.32 Å². The summed E-state index contributed by atoms with van der Waals surface area (Å²) in [5.74, 6) is -0.328. The van der Waals surface area contributed by atoms with Crippen LogP contribution in [0.4, 0.5) is 5.69 Å². The van der Waals surface area contributed by atoms with Crippen LogP contribution in [0.1, 0.15) is 41.9 Å². The van der Waals surface area contributed by atoms with Gasteiger partial charge in [0.25, 0.3) is 5.56 Å². The topological polar surface area (TPSA) is 81.8 Å². The molecule has 2 aromatic carbocycles. The van der Waals surface area contributed by atoms with E-state index in [0.29, 0.717) is 33.7 Å². The van der Waals surface area contributed by atoms with Gasteiger partial charge in [0, 0.05) is 10.7 Å². The molecule has 1 atom stereocenters. The first-order chi connectivity index (χ1) is 15.7. The third kappa shape index (κ3) is 4.16. The van der Waals surface area contributed by atoms with Crippen LogP contribution in [0, 0.1) is 27.7 Å². The lowest BCUT2D eigenvalue weighted by Gasteiger charge is -2.18. The van der Waals surface area contributed by atoms with Gasteiger partial charge in [-0.25, -0.2) is 9.36 Å². The molecule has 4 aromatic rings. The van der Waals surface area contributed by atoms with Gasteiger partial charge >= 0.3 is 0 Å². The van der Waals surface area contributed by atoms with Crippen LogP contribution in [0.15, 0.2) is 47.3 Å². The van der Waals surface area contributed by atoms with Gasteiger partial charge in [0.2, 0.25) is 5.91 Å². The van der Waals surface area contributed by atoms with Crippen molar-refractivity contribution in [3.63, 3.8) is 0 Å². The van der Waals surface area contributed by atoms with Gasteiger partial charge in [-0.05, 0) is 63.9 Å². The summed E-state index contributed by atoms with van der Waals surface area (Å²) in [6.07, 6.45) is 0.390. The Morgan fingerprint density at radius 2 is 1.76 bits per heavy atom. The van der Waals surface area contributed by atoms with Gasteiger partial charge in [0.1, 0.15) is 6.04 Å². The van der Waals surface area contributed by atoms with E-state index in [0.717, 1.165) is 22.5 Å². The minimum Gasteiger partial charge on any atom is -0.324 e. The lowest BCUT2D eigenvalue weighted by molar-refractivity contribution is -0.119. The second-order valence-corrected chi connectivity index (χ2v) is 8.70. The highest BCUT2D eigenvalue weighted by Gasteiger charge is 2.25. The molecular formula is C25H26ClN5O2. The van der Waals surface area contributed by atoms with Crippen molar-refractivity contribution in [1.82, 2.24) is 19.6 Å². The Morgan fingerprint density at radius 3 is 2.42 bits per heavy atom. The highest BCUT2D eigenvalue weighted by molar-refractivity contribution is 6.31. The van der Waals surface area contributed by atoms with Crippen LogP contribution in [0.3, 0.4) is 0 Å². The van der Waals surface area contributed by atoms with E-state index in [-0.39, 0.29) is 5.91 Å². The summed E-state index contributed by atoms with van der Waals surface area (Å²) in [5, 5.41) is 13.3. The van der Waals surface area contributed by atoms with Crippen LogP contribution in [0.2, 0.25) is 5.02 Å². The molecule has 1 N–H and O–H groups in total. The van der Waals surface area contributed by atoms with E-state index in [1.54, 1.807) is 16.8 Å². The summed E-state index contributed by atoms with van der Waals surface area (Å²) in [4.78, 5) is 26.6. The highest BCUT2D eigenvalue weighted by Crippen LogP contribution is 2.24. The molecule has 7 nitrogen and oxygen atoms in total. The van der Waals surface area contributed by atoms with Crippen LogP contribution in [-0.4, -0.2) is 25.5 Å². The quantitative estimate of drug-likeness (QED) is 0.448. The van der Waals surface area contributed by atoms with Gasteiger partial charge in [0.15, 0.2) is 5.52 Å². The molecule has 0 aliphatic carbocycles. The van der Waals surface area contributed by atoms with Crippen LogP contribution in [-0.2, 0) is 4.79 Å². The maximum atomic E-state index is 13.4. The lowest BCUT2D eigenvalue weighted by atomic mass is 10.1. The Bertz CT molecular complexity index is 1420. The van der Waals surface area contributed by atoms with Crippen molar-refractivity contribution < 1.29 is 4.79 Å². The highest BCUT2D eigenvalue weighted by atomic mass is 35.5. The fourth-order valence-corrected chi connectivity index (χ4v) is 4.19. The predicted octanol–water partition coefficient (Wildman–Crippen LogP) is 5.06. The summed E-state index contributed by atoms with van der Waals surface area (Å²) >= 11 is 6.09. The monoisotopic (exact) mass is 463 g/mol. The lowest BCUT2D eigenvalue weighted by Crippen LogP contribution is -2.35. The molecule has 8 heteroatoms.